The maximum Gasteiger partial charge on any atom is 0.327 e. The first kappa shape index (κ1) is 13.7. The molecule has 0 aromatic carbocycles. The molecule has 1 aromatic heterocycles. The van der Waals surface area contributed by atoms with Gasteiger partial charge in [-0.15, -0.1) is 0 Å². The van der Waals surface area contributed by atoms with Gasteiger partial charge in [-0.3, -0.25) is 9.48 Å². The molecule has 1 aliphatic rings. The standard InChI is InChI=1S/C12H15N3O3S/c1-14-9(4-5-13-14)2-3-11(16)15-6-7-19-8-10(15)12(17)18/h2-5,10H,6-8H2,1H3,(H,17,18)/b3-2+. The summed E-state index contributed by atoms with van der Waals surface area (Å²) in [6.07, 6.45) is 4.70. The van der Waals surface area contributed by atoms with Crippen molar-refractivity contribution in [1.29, 1.82) is 0 Å². The molecule has 1 unspecified atom stereocenters. The number of carboxylic acids is 1. The van der Waals surface area contributed by atoms with E-state index in [9.17, 15) is 9.59 Å². The van der Waals surface area contributed by atoms with Gasteiger partial charge in [-0.05, 0) is 12.1 Å². The van der Waals surface area contributed by atoms with E-state index in [4.69, 9.17) is 5.11 Å². The van der Waals surface area contributed by atoms with Crippen LogP contribution in [0.2, 0.25) is 0 Å². The minimum atomic E-state index is -0.950. The zero-order valence-corrected chi connectivity index (χ0v) is 11.3. The Hall–Kier alpha value is -1.76. The van der Waals surface area contributed by atoms with Crippen molar-refractivity contribution in [2.75, 3.05) is 18.1 Å². The number of hydrogen-bond donors (Lipinski definition) is 1. The number of aryl methyl sites for hydroxylation is 1. The van der Waals surface area contributed by atoms with Crippen LogP contribution in [0.3, 0.4) is 0 Å². The van der Waals surface area contributed by atoms with Crippen molar-refractivity contribution in [2.24, 2.45) is 7.05 Å². The zero-order valence-electron chi connectivity index (χ0n) is 10.5. The van der Waals surface area contributed by atoms with E-state index in [1.807, 2.05) is 0 Å². The lowest BCUT2D eigenvalue weighted by Crippen LogP contribution is -2.49. The highest BCUT2D eigenvalue weighted by Crippen LogP contribution is 2.17. The molecule has 0 aliphatic carbocycles. The average molecular weight is 281 g/mol. The van der Waals surface area contributed by atoms with Crippen LogP contribution >= 0.6 is 11.8 Å². The third-order valence-corrected chi connectivity index (χ3v) is 3.97. The first-order chi connectivity index (χ1) is 9.09. The predicted molar refractivity (Wildman–Crippen MR) is 72.7 cm³/mol. The molecule has 19 heavy (non-hydrogen) atoms. The number of carbonyl (C=O) groups excluding carboxylic acids is 1. The number of aliphatic carboxylic acids is 1. The van der Waals surface area contributed by atoms with Gasteiger partial charge in [0.05, 0.1) is 5.69 Å². The largest absolute Gasteiger partial charge is 0.480 e. The Bertz CT molecular complexity index is 512. The minimum absolute atomic E-state index is 0.270. The van der Waals surface area contributed by atoms with Crippen molar-refractivity contribution in [3.05, 3.63) is 24.0 Å². The van der Waals surface area contributed by atoms with Crippen molar-refractivity contribution in [3.8, 4) is 0 Å². The first-order valence-electron chi connectivity index (χ1n) is 5.87. The Labute approximate surface area is 115 Å². The number of rotatable bonds is 3. The van der Waals surface area contributed by atoms with Gasteiger partial charge in [-0.25, -0.2) is 4.79 Å². The van der Waals surface area contributed by atoms with Crippen LogP contribution in [0.5, 0.6) is 0 Å². The van der Waals surface area contributed by atoms with Crippen LogP contribution in [0.1, 0.15) is 5.69 Å². The van der Waals surface area contributed by atoms with Crippen LogP contribution in [0.25, 0.3) is 6.08 Å². The maximum absolute atomic E-state index is 12.1. The van der Waals surface area contributed by atoms with Crippen LogP contribution in [-0.2, 0) is 16.6 Å². The zero-order chi connectivity index (χ0) is 13.8. The lowest BCUT2D eigenvalue weighted by molar-refractivity contribution is -0.147. The van der Waals surface area contributed by atoms with Crippen LogP contribution in [0.4, 0.5) is 0 Å². The van der Waals surface area contributed by atoms with Gasteiger partial charge in [0.25, 0.3) is 0 Å². The fourth-order valence-corrected chi connectivity index (χ4v) is 2.91. The molecular formula is C12H15N3O3S. The highest BCUT2D eigenvalue weighted by Gasteiger charge is 2.31. The summed E-state index contributed by atoms with van der Waals surface area (Å²) in [5.41, 5.74) is 0.798. The van der Waals surface area contributed by atoms with Crippen molar-refractivity contribution in [1.82, 2.24) is 14.7 Å². The fourth-order valence-electron chi connectivity index (χ4n) is 1.87. The third kappa shape index (κ3) is 3.17. The van der Waals surface area contributed by atoms with E-state index in [2.05, 4.69) is 5.10 Å². The van der Waals surface area contributed by atoms with Gasteiger partial charge < -0.3 is 10.0 Å². The molecule has 1 amide bonds. The molecule has 0 radical (unpaired) electrons. The number of carbonyl (C=O) groups is 2. The van der Waals surface area contributed by atoms with Gasteiger partial charge in [0, 0.05) is 37.4 Å². The molecule has 6 nitrogen and oxygen atoms in total. The maximum atomic E-state index is 12.1. The topological polar surface area (TPSA) is 75.4 Å². The van der Waals surface area contributed by atoms with E-state index >= 15 is 0 Å². The second-order valence-corrected chi connectivity index (χ2v) is 5.32. The Kier molecular flexibility index (Phi) is 4.26. The summed E-state index contributed by atoms with van der Waals surface area (Å²) in [6, 6.07) is 1.05. The van der Waals surface area contributed by atoms with Gasteiger partial charge in [0.15, 0.2) is 0 Å². The molecule has 1 N–H and O–H groups in total. The molecule has 2 rings (SSSR count). The smallest absolute Gasteiger partial charge is 0.327 e. The molecule has 0 spiro atoms. The summed E-state index contributed by atoms with van der Waals surface area (Å²) in [6.45, 7) is 0.468. The molecule has 1 aromatic rings. The quantitative estimate of drug-likeness (QED) is 0.815. The molecule has 102 valence electrons. The number of carboxylic acid groups (broad SMARTS) is 1. The number of amides is 1. The van der Waals surface area contributed by atoms with E-state index in [1.165, 1.54) is 11.0 Å². The summed E-state index contributed by atoms with van der Waals surface area (Å²) in [4.78, 5) is 24.6. The van der Waals surface area contributed by atoms with E-state index in [0.717, 1.165) is 11.4 Å². The number of aromatic nitrogens is 2. The van der Waals surface area contributed by atoms with Gasteiger partial charge in [-0.1, -0.05) is 0 Å². The molecular weight excluding hydrogens is 266 g/mol. The Morgan fingerprint density at radius 3 is 3.00 bits per heavy atom. The second-order valence-electron chi connectivity index (χ2n) is 4.17. The van der Waals surface area contributed by atoms with Crippen molar-refractivity contribution < 1.29 is 14.7 Å². The highest BCUT2D eigenvalue weighted by molar-refractivity contribution is 7.99. The Balaban J connectivity index is 2.08. The van der Waals surface area contributed by atoms with Crippen molar-refractivity contribution in [3.63, 3.8) is 0 Å². The van der Waals surface area contributed by atoms with Gasteiger partial charge in [-0.2, -0.15) is 16.9 Å². The first-order valence-corrected chi connectivity index (χ1v) is 7.02. The monoisotopic (exact) mass is 281 g/mol. The Morgan fingerprint density at radius 2 is 2.37 bits per heavy atom. The summed E-state index contributed by atoms with van der Waals surface area (Å²) >= 11 is 1.56. The van der Waals surface area contributed by atoms with Crippen LogP contribution in [0.15, 0.2) is 18.3 Å². The van der Waals surface area contributed by atoms with Crippen LogP contribution in [-0.4, -0.2) is 55.8 Å². The summed E-state index contributed by atoms with van der Waals surface area (Å²) in [5, 5.41) is 13.1. The Morgan fingerprint density at radius 1 is 1.58 bits per heavy atom. The highest BCUT2D eigenvalue weighted by atomic mass is 32.2. The summed E-state index contributed by atoms with van der Waals surface area (Å²) in [5.74, 6) is -0.00114. The van der Waals surface area contributed by atoms with Crippen molar-refractivity contribution in [2.45, 2.75) is 6.04 Å². The normalized spacial score (nSPS) is 19.8. The molecule has 0 saturated carbocycles. The number of nitrogens with zero attached hydrogens (tertiary/aromatic N) is 3. The SMILES string of the molecule is Cn1nccc1/C=C/C(=O)N1CCSCC1C(=O)O. The third-order valence-electron chi connectivity index (χ3n) is 2.95. The van der Waals surface area contributed by atoms with E-state index in [-0.39, 0.29) is 5.91 Å². The van der Waals surface area contributed by atoms with Gasteiger partial charge in [0.2, 0.25) is 5.91 Å². The molecule has 0 bridgehead atoms. The number of thioether (sulfide) groups is 1. The van der Waals surface area contributed by atoms with Gasteiger partial charge in [0.1, 0.15) is 6.04 Å². The second kappa shape index (κ2) is 5.92. The number of hydrogen-bond acceptors (Lipinski definition) is 4. The van der Waals surface area contributed by atoms with Gasteiger partial charge >= 0.3 is 5.97 Å². The van der Waals surface area contributed by atoms with E-state index in [1.54, 1.807) is 41.8 Å². The molecule has 1 fully saturated rings. The fraction of sp³-hybridized carbons (Fsp3) is 0.417. The molecule has 1 saturated heterocycles. The van der Waals surface area contributed by atoms with Crippen LogP contribution in [0, 0.1) is 0 Å². The molecule has 1 aliphatic heterocycles. The molecule has 7 heteroatoms. The minimum Gasteiger partial charge on any atom is -0.480 e. The average Bonchev–Trinajstić information content (AvgIpc) is 2.81. The lowest BCUT2D eigenvalue weighted by atomic mass is 10.2. The molecule has 1 atom stereocenters. The van der Waals surface area contributed by atoms with E-state index in [0.29, 0.717) is 12.3 Å². The van der Waals surface area contributed by atoms with Crippen LogP contribution < -0.4 is 0 Å². The van der Waals surface area contributed by atoms with E-state index < -0.39 is 12.0 Å². The van der Waals surface area contributed by atoms with Crippen molar-refractivity contribution >= 4 is 29.7 Å². The summed E-state index contributed by atoms with van der Waals surface area (Å²) in [7, 11) is 1.78. The lowest BCUT2D eigenvalue weighted by Gasteiger charge is -2.31. The molecule has 2 heterocycles. The summed E-state index contributed by atoms with van der Waals surface area (Å²) < 4.78 is 1.64. The predicted octanol–water partition coefficient (Wildman–Crippen LogP) is 0.462.